The maximum absolute atomic E-state index is 11.7. The molecule has 0 aliphatic heterocycles. The summed E-state index contributed by atoms with van der Waals surface area (Å²) in [4.78, 5) is 43.2. The van der Waals surface area contributed by atoms with Gasteiger partial charge in [-0.05, 0) is 51.4 Å². The Bertz CT molecular complexity index is 457. The molecule has 0 aromatic carbocycles. The van der Waals surface area contributed by atoms with Crippen LogP contribution in [0, 0.1) is 10.8 Å². The first kappa shape index (κ1) is 24.6. The Morgan fingerprint density at radius 1 is 0.615 bits per heavy atom. The van der Waals surface area contributed by atoms with Crippen molar-refractivity contribution >= 4 is 11.9 Å². The van der Waals surface area contributed by atoms with Crippen molar-refractivity contribution in [2.45, 2.75) is 93.3 Å². The largest absolute Gasteiger partial charge is 0.366 e. The topological polar surface area (TPSA) is 71.1 Å². The molecular formula is C20H36O6. The van der Waals surface area contributed by atoms with Crippen molar-refractivity contribution in [1.82, 2.24) is 0 Å². The summed E-state index contributed by atoms with van der Waals surface area (Å²) < 4.78 is 0. The van der Waals surface area contributed by atoms with E-state index in [1.807, 2.05) is 27.7 Å². The van der Waals surface area contributed by atoms with E-state index in [1.165, 1.54) is 0 Å². The monoisotopic (exact) mass is 372 g/mol. The highest BCUT2D eigenvalue weighted by Gasteiger charge is 2.29. The van der Waals surface area contributed by atoms with Crippen LogP contribution in [0.4, 0.5) is 0 Å². The van der Waals surface area contributed by atoms with Gasteiger partial charge in [0.2, 0.25) is 0 Å². The van der Waals surface area contributed by atoms with E-state index in [0.29, 0.717) is 12.8 Å². The highest BCUT2D eigenvalue weighted by molar-refractivity contribution is 5.91. The van der Waals surface area contributed by atoms with Crippen LogP contribution in [0.5, 0.6) is 0 Å². The predicted octanol–water partition coefficient (Wildman–Crippen LogP) is 4.92. The lowest BCUT2D eigenvalue weighted by Gasteiger charge is -2.30. The fraction of sp³-hybridized carbons (Fsp3) is 0.800. The van der Waals surface area contributed by atoms with Gasteiger partial charge in [-0.15, -0.1) is 0 Å². The lowest BCUT2D eigenvalue weighted by Crippen LogP contribution is -2.31. The molecular weight excluding hydrogens is 336 g/mol. The van der Waals surface area contributed by atoms with Crippen molar-refractivity contribution in [3.63, 3.8) is 0 Å². The summed E-state index contributed by atoms with van der Waals surface area (Å²) in [6.07, 6.45) is 3.26. The van der Waals surface area contributed by atoms with E-state index in [-0.39, 0.29) is 10.8 Å². The van der Waals surface area contributed by atoms with E-state index in [4.69, 9.17) is 19.6 Å². The van der Waals surface area contributed by atoms with Gasteiger partial charge in [0.05, 0.1) is 0 Å². The summed E-state index contributed by atoms with van der Waals surface area (Å²) in [5.74, 6) is -1.59. The third kappa shape index (κ3) is 13.8. The van der Waals surface area contributed by atoms with E-state index < -0.39 is 23.1 Å². The molecule has 0 aliphatic rings. The normalized spacial score (nSPS) is 13.8. The van der Waals surface area contributed by atoms with Gasteiger partial charge in [-0.3, -0.25) is 9.78 Å². The molecule has 0 saturated carbocycles. The van der Waals surface area contributed by atoms with Crippen LogP contribution in [0.15, 0.2) is 12.2 Å². The van der Waals surface area contributed by atoms with Gasteiger partial charge >= 0.3 is 11.9 Å². The Morgan fingerprint density at radius 2 is 0.885 bits per heavy atom. The lowest BCUT2D eigenvalue weighted by atomic mass is 9.84. The molecule has 0 aliphatic carbocycles. The Kier molecular flexibility index (Phi) is 8.51. The highest BCUT2D eigenvalue weighted by Crippen LogP contribution is 2.30. The number of hydrogen-bond acceptors (Lipinski definition) is 6. The summed E-state index contributed by atoms with van der Waals surface area (Å²) in [6.45, 7) is 19.7. The molecule has 152 valence electrons. The van der Waals surface area contributed by atoms with Crippen molar-refractivity contribution in [2.75, 3.05) is 0 Å². The van der Waals surface area contributed by atoms with Crippen molar-refractivity contribution in [3.8, 4) is 0 Å². The van der Waals surface area contributed by atoms with Crippen LogP contribution >= 0.6 is 0 Å². The summed E-state index contributed by atoms with van der Waals surface area (Å²) >= 11 is 0. The number of carbonyl (C=O) groups excluding carboxylic acids is 2. The van der Waals surface area contributed by atoms with Gasteiger partial charge in [-0.25, -0.2) is 9.59 Å². The van der Waals surface area contributed by atoms with Crippen LogP contribution in [0.3, 0.4) is 0 Å². The summed E-state index contributed by atoms with van der Waals surface area (Å²) in [5.41, 5.74) is -1.23. The molecule has 0 heterocycles. The van der Waals surface area contributed by atoms with E-state index >= 15 is 0 Å². The zero-order valence-electron chi connectivity index (χ0n) is 18.0. The van der Waals surface area contributed by atoms with Gasteiger partial charge < -0.3 is 0 Å². The predicted molar refractivity (Wildman–Crippen MR) is 99.8 cm³/mol. The second-order valence-corrected chi connectivity index (χ2v) is 10.3. The zero-order chi connectivity index (χ0) is 20.8. The van der Waals surface area contributed by atoms with Gasteiger partial charge in [0, 0.05) is 12.2 Å². The van der Waals surface area contributed by atoms with Crippen molar-refractivity contribution in [1.29, 1.82) is 0 Å². The molecule has 0 amide bonds. The quantitative estimate of drug-likeness (QED) is 0.342. The van der Waals surface area contributed by atoms with Gasteiger partial charge in [-0.2, -0.15) is 9.78 Å². The van der Waals surface area contributed by atoms with E-state index in [9.17, 15) is 9.59 Å². The first-order valence-corrected chi connectivity index (χ1v) is 8.88. The lowest BCUT2D eigenvalue weighted by molar-refractivity contribution is -0.327. The third-order valence-electron chi connectivity index (χ3n) is 2.97. The van der Waals surface area contributed by atoms with Gasteiger partial charge in [0.25, 0.3) is 0 Å². The second-order valence-electron chi connectivity index (χ2n) is 10.3. The fourth-order valence-electron chi connectivity index (χ4n) is 3.11. The Balaban J connectivity index is 4.38. The molecule has 0 N–H and O–H groups in total. The minimum Gasteiger partial charge on any atom is -0.293 e. The van der Waals surface area contributed by atoms with Crippen molar-refractivity contribution in [3.05, 3.63) is 12.2 Å². The second kappa shape index (κ2) is 9.00. The Labute approximate surface area is 158 Å². The molecule has 0 unspecified atom stereocenters. The molecule has 26 heavy (non-hydrogen) atoms. The summed E-state index contributed by atoms with van der Waals surface area (Å²) in [5, 5.41) is 0. The van der Waals surface area contributed by atoms with Crippen LogP contribution in [-0.4, -0.2) is 23.1 Å². The fourth-order valence-corrected chi connectivity index (χ4v) is 3.11. The number of hydrogen-bond donors (Lipinski definition) is 0. The molecule has 0 radical (unpaired) electrons. The maximum Gasteiger partial charge on any atom is 0.366 e. The average Bonchev–Trinajstić information content (AvgIpc) is 2.35. The van der Waals surface area contributed by atoms with E-state index in [0.717, 1.165) is 12.2 Å². The van der Waals surface area contributed by atoms with Crippen LogP contribution in [0.25, 0.3) is 0 Å². The Hall–Kier alpha value is -1.40. The number of rotatable bonds is 8. The minimum atomic E-state index is -0.794. The Morgan fingerprint density at radius 3 is 1.12 bits per heavy atom. The first-order chi connectivity index (χ1) is 11.4. The third-order valence-corrected chi connectivity index (χ3v) is 2.97. The smallest absolute Gasteiger partial charge is 0.293 e. The zero-order valence-corrected chi connectivity index (χ0v) is 18.0. The van der Waals surface area contributed by atoms with Crippen molar-refractivity contribution in [2.24, 2.45) is 10.8 Å². The van der Waals surface area contributed by atoms with E-state index in [1.54, 1.807) is 0 Å². The molecule has 6 heteroatoms. The molecule has 0 bridgehead atoms. The molecule has 0 spiro atoms. The van der Waals surface area contributed by atoms with Crippen LogP contribution in [0.1, 0.15) is 82.1 Å². The van der Waals surface area contributed by atoms with Crippen molar-refractivity contribution < 1.29 is 29.1 Å². The molecule has 0 aromatic heterocycles. The van der Waals surface area contributed by atoms with Gasteiger partial charge in [0.1, 0.15) is 11.2 Å². The van der Waals surface area contributed by atoms with Crippen LogP contribution in [0.2, 0.25) is 0 Å². The van der Waals surface area contributed by atoms with Crippen LogP contribution in [-0.2, 0) is 29.1 Å². The molecule has 0 rings (SSSR count). The first-order valence-electron chi connectivity index (χ1n) is 8.88. The number of carbonyl (C=O) groups is 2. The SMILES string of the molecule is CC(C)(C)CC(C)(C)OOC(=O)C=CC(=O)OOC(C)(C)CC(C)(C)C. The highest BCUT2D eigenvalue weighted by atomic mass is 17.2. The minimum absolute atomic E-state index is 0.0206. The van der Waals surface area contributed by atoms with Crippen LogP contribution < -0.4 is 0 Å². The van der Waals surface area contributed by atoms with Gasteiger partial charge in [0.15, 0.2) is 0 Å². The molecule has 0 aromatic rings. The maximum atomic E-state index is 11.7. The molecule has 0 atom stereocenters. The average molecular weight is 373 g/mol. The summed E-state index contributed by atoms with van der Waals surface area (Å²) in [7, 11) is 0. The van der Waals surface area contributed by atoms with E-state index in [2.05, 4.69) is 41.5 Å². The summed E-state index contributed by atoms with van der Waals surface area (Å²) in [6, 6.07) is 0. The molecule has 0 fully saturated rings. The molecule has 0 saturated heterocycles. The van der Waals surface area contributed by atoms with Gasteiger partial charge in [-0.1, -0.05) is 41.5 Å². The standard InChI is InChI=1S/C20H36O6/c1-17(2,3)13-19(7,8)25-23-15(21)11-12-16(22)24-26-20(9,10)14-18(4,5)6/h11-12H,13-14H2,1-10H3. The molecule has 6 nitrogen and oxygen atoms in total.